The molecule has 0 spiro atoms. The molecule has 0 bridgehead atoms. The lowest BCUT2D eigenvalue weighted by Crippen LogP contribution is -2.41. The topological polar surface area (TPSA) is 20.3 Å². The fraction of sp³-hybridized carbons (Fsp3) is 0.545. The monoisotopic (exact) mass is 419 g/mol. The van der Waals surface area contributed by atoms with Crippen LogP contribution in [0.2, 0.25) is 0 Å². The number of amides is 1. The lowest BCUT2D eigenvalue weighted by Gasteiger charge is -2.32. The number of carbonyl (C=O) groups is 1. The van der Waals surface area contributed by atoms with Gasteiger partial charge in [0.05, 0.1) is 14.6 Å². The molecular formula is C11H10Br2F3NOS. The molecule has 1 aromatic rings. The molecule has 1 saturated heterocycles. The number of hydrogen-bond acceptors (Lipinski definition) is 2. The summed E-state index contributed by atoms with van der Waals surface area (Å²) < 4.78 is 39.2. The molecule has 1 aromatic heterocycles. The van der Waals surface area contributed by atoms with Crippen LogP contribution in [-0.2, 0) is 0 Å². The van der Waals surface area contributed by atoms with Gasteiger partial charge in [0.25, 0.3) is 5.91 Å². The van der Waals surface area contributed by atoms with E-state index in [-0.39, 0.29) is 31.8 Å². The molecule has 106 valence electrons. The quantitative estimate of drug-likeness (QED) is 0.645. The molecule has 1 fully saturated rings. The largest absolute Gasteiger partial charge is 0.391 e. The minimum absolute atomic E-state index is 0.0110. The van der Waals surface area contributed by atoms with Gasteiger partial charge in [0, 0.05) is 17.6 Å². The van der Waals surface area contributed by atoms with Gasteiger partial charge in [-0.15, -0.1) is 11.3 Å². The summed E-state index contributed by atoms with van der Waals surface area (Å²) in [6.07, 6.45) is -4.17. The van der Waals surface area contributed by atoms with E-state index < -0.39 is 12.1 Å². The van der Waals surface area contributed by atoms with Gasteiger partial charge in [0.15, 0.2) is 0 Å². The molecule has 1 aliphatic rings. The third-order valence-electron chi connectivity index (χ3n) is 3.10. The van der Waals surface area contributed by atoms with E-state index in [1.165, 1.54) is 16.2 Å². The summed E-state index contributed by atoms with van der Waals surface area (Å²) in [5.41, 5.74) is 0. The molecule has 2 nitrogen and oxygen atoms in total. The van der Waals surface area contributed by atoms with Crippen LogP contribution in [0.3, 0.4) is 0 Å². The fourth-order valence-electron chi connectivity index (χ4n) is 2.02. The summed E-state index contributed by atoms with van der Waals surface area (Å²) in [5.74, 6) is -1.48. The van der Waals surface area contributed by atoms with Gasteiger partial charge in [0.1, 0.15) is 0 Å². The normalized spacial score (nSPS) is 17.8. The Kier molecular flexibility index (Phi) is 4.62. The molecule has 19 heavy (non-hydrogen) atoms. The van der Waals surface area contributed by atoms with Gasteiger partial charge in [-0.05, 0) is 50.8 Å². The highest BCUT2D eigenvalue weighted by Crippen LogP contribution is 2.36. The van der Waals surface area contributed by atoms with Crippen LogP contribution in [0.4, 0.5) is 13.2 Å². The number of hydrogen-bond donors (Lipinski definition) is 0. The zero-order chi connectivity index (χ0) is 14.2. The highest BCUT2D eigenvalue weighted by atomic mass is 79.9. The maximum atomic E-state index is 12.5. The van der Waals surface area contributed by atoms with Crippen molar-refractivity contribution in [2.45, 2.75) is 19.0 Å². The molecule has 8 heteroatoms. The SMILES string of the molecule is O=C(c1cc(Br)c(Br)s1)N1CCC(C(F)(F)F)CC1. The van der Waals surface area contributed by atoms with E-state index >= 15 is 0 Å². The van der Waals surface area contributed by atoms with Crippen LogP contribution in [0, 0.1) is 5.92 Å². The number of likely N-dealkylation sites (tertiary alicyclic amines) is 1. The maximum Gasteiger partial charge on any atom is 0.391 e. The summed E-state index contributed by atoms with van der Waals surface area (Å²) in [7, 11) is 0. The van der Waals surface area contributed by atoms with E-state index in [4.69, 9.17) is 0 Å². The molecule has 0 aliphatic carbocycles. The summed E-state index contributed by atoms with van der Waals surface area (Å²) >= 11 is 7.86. The average molecular weight is 421 g/mol. The third kappa shape index (κ3) is 3.52. The molecule has 2 heterocycles. The Morgan fingerprint density at radius 2 is 1.89 bits per heavy atom. The molecule has 1 amide bonds. The van der Waals surface area contributed by atoms with Crippen LogP contribution in [0.5, 0.6) is 0 Å². The first-order valence-corrected chi connectivity index (χ1v) is 8.00. The lowest BCUT2D eigenvalue weighted by molar-refractivity contribution is -0.183. The summed E-state index contributed by atoms with van der Waals surface area (Å²) in [6.45, 7) is 0.326. The van der Waals surface area contributed by atoms with Crippen molar-refractivity contribution < 1.29 is 18.0 Å². The number of piperidine rings is 1. The predicted molar refractivity (Wildman–Crippen MR) is 74.4 cm³/mol. The minimum Gasteiger partial charge on any atom is -0.338 e. The summed E-state index contributed by atoms with van der Waals surface area (Å²) in [4.78, 5) is 14.2. The van der Waals surface area contributed by atoms with E-state index in [9.17, 15) is 18.0 Å². The summed E-state index contributed by atoms with van der Waals surface area (Å²) in [5, 5.41) is 0. The Balaban J connectivity index is 2.00. The summed E-state index contributed by atoms with van der Waals surface area (Å²) in [6, 6.07) is 1.69. The van der Waals surface area contributed by atoms with Gasteiger partial charge in [-0.2, -0.15) is 13.2 Å². The van der Waals surface area contributed by atoms with E-state index in [0.717, 1.165) is 8.26 Å². The molecule has 2 rings (SSSR count). The Hall–Kier alpha value is -0.0800. The van der Waals surface area contributed by atoms with Gasteiger partial charge >= 0.3 is 6.18 Å². The lowest BCUT2D eigenvalue weighted by atomic mass is 9.96. The first-order valence-electron chi connectivity index (χ1n) is 5.60. The molecule has 0 radical (unpaired) electrons. The standard InChI is InChI=1S/C11H10Br2F3NOS/c12-7-5-8(19-9(7)13)10(18)17-3-1-6(2-4-17)11(14,15)16/h5-6H,1-4H2. The maximum absolute atomic E-state index is 12.5. The first-order chi connectivity index (χ1) is 8.79. The Morgan fingerprint density at radius 1 is 1.32 bits per heavy atom. The first kappa shape index (κ1) is 15.3. The van der Waals surface area contributed by atoms with Crippen LogP contribution in [0.15, 0.2) is 14.3 Å². The van der Waals surface area contributed by atoms with Crippen molar-refractivity contribution in [2.24, 2.45) is 5.92 Å². The Morgan fingerprint density at radius 3 is 2.32 bits per heavy atom. The second-order valence-corrected chi connectivity index (χ2v) is 7.56. The van der Waals surface area contributed by atoms with Crippen molar-refractivity contribution in [3.63, 3.8) is 0 Å². The van der Waals surface area contributed by atoms with E-state index in [1.54, 1.807) is 6.07 Å². The molecule has 0 unspecified atom stereocenters. The Bertz CT molecular complexity index is 461. The third-order valence-corrected chi connectivity index (χ3v) is 6.35. The molecule has 1 aliphatic heterocycles. The molecule has 0 aromatic carbocycles. The van der Waals surface area contributed by atoms with E-state index in [1.807, 2.05) is 0 Å². The van der Waals surface area contributed by atoms with Crippen LogP contribution in [-0.4, -0.2) is 30.1 Å². The predicted octanol–water partition coefficient (Wildman–Crippen LogP) is 4.69. The smallest absolute Gasteiger partial charge is 0.338 e. The molecule has 0 atom stereocenters. The zero-order valence-corrected chi connectivity index (χ0v) is 13.6. The second kappa shape index (κ2) is 5.73. The van der Waals surface area contributed by atoms with Crippen molar-refractivity contribution in [3.8, 4) is 0 Å². The van der Waals surface area contributed by atoms with Crippen LogP contribution in [0.1, 0.15) is 22.5 Å². The van der Waals surface area contributed by atoms with Gasteiger partial charge < -0.3 is 4.90 Å². The van der Waals surface area contributed by atoms with Crippen molar-refractivity contribution in [1.29, 1.82) is 0 Å². The van der Waals surface area contributed by atoms with Crippen molar-refractivity contribution in [1.82, 2.24) is 4.90 Å². The van der Waals surface area contributed by atoms with Crippen LogP contribution in [0.25, 0.3) is 0 Å². The highest BCUT2D eigenvalue weighted by Gasteiger charge is 2.41. The average Bonchev–Trinajstić information content (AvgIpc) is 2.68. The van der Waals surface area contributed by atoms with Crippen LogP contribution >= 0.6 is 43.2 Å². The number of nitrogens with zero attached hydrogens (tertiary/aromatic N) is 1. The van der Waals surface area contributed by atoms with Gasteiger partial charge in [0.2, 0.25) is 0 Å². The minimum atomic E-state index is -4.15. The van der Waals surface area contributed by atoms with Crippen molar-refractivity contribution in [3.05, 3.63) is 19.2 Å². The second-order valence-electron chi connectivity index (χ2n) is 4.34. The number of thiophene rings is 1. The van der Waals surface area contributed by atoms with Crippen molar-refractivity contribution >= 4 is 49.1 Å². The van der Waals surface area contributed by atoms with E-state index in [2.05, 4.69) is 31.9 Å². The number of halogens is 5. The molecular weight excluding hydrogens is 411 g/mol. The molecule has 0 saturated carbocycles. The number of alkyl halides is 3. The highest BCUT2D eigenvalue weighted by molar-refractivity contribution is 9.13. The number of carbonyl (C=O) groups excluding carboxylic acids is 1. The van der Waals surface area contributed by atoms with Gasteiger partial charge in [-0.3, -0.25) is 4.79 Å². The zero-order valence-electron chi connectivity index (χ0n) is 9.64. The Labute approximate surface area is 129 Å². The van der Waals surface area contributed by atoms with E-state index in [0.29, 0.717) is 4.88 Å². The molecule has 0 N–H and O–H groups in total. The van der Waals surface area contributed by atoms with Crippen LogP contribution < -0.4 is 0 Å². The van der Waals surface area contributed by atoms with Crippen molar-refractivity contribution in [2.75, 3.05) is 13.1 Å². The fourth-order valence-corrected chi connectivity index (χ4v) is 4.02. The van der Waals surface area contributed by atoms with Gasteiger partial charge in [-0.25, -0.2) is 0 Å². The van der Waals surface area contributed by atoms with Gasteiger partial charge in [-0.1, -0.05) is 0 Å². The number of rotatable bonds is 1.